The summed E-state index contributed by atoms with van der Waals surface area (Å²) < 4.78 is 0. The fourth-order valence-electron chi connectivity index (χ4n) is 0.839. The van der Waals surface area contributed by atoms with Gasteiger partial charge in [0.05, 0.1) is 0 Å². The Kier molecular flexibility index (Phi) is 5.44. The molecule has 1 aromatic heterocycles. The van der Waals surface area contributed by atoms with E-state index in [1.165, 1.54) is 11.3 Å². The second kappa shape index (κ2) is 5.79. The second-order valence-corrected chi connectivity index (χ2v) is 3.66. The number of aromatic nitrogens is 1. The lowest BCUT2D eigenvalue weighted by atomic mass is 10.6. The van der Waals surface area contributed by atoms with Gasteiger partial charge in [-0.3, -0.25) is 4.79 Å². The van der Waals surface area contributed by atoms with E-state index in [2.05, 4.69) is 4.98 Å². The van der Waals surface area contributed by atoms with Crippen molar-refractivity contribution in [1.29, 1.82) is 0 Å². The number of aliphatic carboxylic acids is 1. The summed E-state index contributed by atoms with van der Waals surface area (Å²) in [5, 5.41) is 9.20. The van der Waals surface area contributed by atoms with Gasteiger partial charge in [-0.1, -0.05) is 0 Å². The van der Waals surface area contributed by atoms with E-state index in [-0.39, 0.29) is 19.0 Å². The molecule has 0 spiro atoms. The number of nitrogens with two attached hydrogens (primary N) is 1. The maximum absolute atomic E-state index is 10.4. The molecule has 0 unspecified atom stereocenters. The number of halogens is 1. The van der Waals surface area contributed by atoms with Crippen molar-refractivity contribution in [3.05, 3.63) is 11.1 Å². The van der Waals surface area contributed by atoms with Crippen LogP contribution in [0.2, 0.25) is 0 Å². The van der Waals surface area contributed by atoms with Crippen molar-refractivity contribution in [2.75, 3.05) is 18.5 Å². The van der Waals surface area contributed by atoms with Crippen LogP contribution in [-0.2, 0) is 11.3 Å². The highest BCUT2D eigenvalue weighted by Crippen LogP contribution is 2.20. The predicted octanol–water partition coefficient (Wildman–Crippen LogP) is 0.544. The first-order chi connectivity index (χ1) is 6.13. The molecule has 1 rings (SSSR count). The van der Waals surface area contributed by atoms with Gasteiger partial charge in [0.2, 0.25) is 0 Å². The Hall–Kier alpha value is -0.850. The smallest absolute Gasteiger partial charge is 0.323 e. The standard InChI is InChI=1S/C7H11N3O2S.ClH/c1-10(4-6(11)12)7-9-3-5(2-8)13-7;/h3H,2,4,8H2,1H3,(H,11,12);1H. The lowest BCUT2D eigenvalue weighted by molar-refractivity contribution is -0.135. The molecule has 0 radical (unpaired) electrons. The first-order valence-corrected chi connectivity index (χ1v) is 4.53. The number of likely N-dealkylation sites (N-methyl/N-ethyl adjacent to an activating group) is 1. The third kappa shape index (κ3) is 3.49. The molecule has 0 atom stereocenters. The van der Waals surface area contributed by atoms with Crippen LogP contribution in [0.5, 0.6) is 0 Å². The summed E-state index contributed by atoms with van der Waals surface area (Å²) in [6, 6.07) is 0. The van der Waals surface area contributed by atoms with Crippen molar-refractivity contribution in [2.24, 2.45) is 5.73 Å². The molecule has 0 aromatic carbocycles. The molecule has 0 amide bonds. The van der Waals surface area contributed by atoms with Crippen molar-refractivity contribution in [3.63, 3.8) is 0 Å². The van der Waals surface area contributed by atoms with Crippen LogP contribution < -0.4 is 10.6 Å². The summed E-state index contributed by atoms with van der Waals surface area (Å²) in [6.45, 7) is 0.399. The number of rotatable bonds is 4. The number of carboxylic acid groups (broad SMARTS) is 1. The van der Waals surface area contributed by atoms with Gasteiger partial charge in [-0.05, 0) is 0 Å². The summed E-state index contributed by atoms with van der Waals surface area (Å²) in [4.78, 5) is 16.9. The maximum atomic E-state index is 10.4. The van der Waals surface area contributed by atoms with Crippen LogP contribution >= 0.6 is 23.7 Å². The van der Waals surface area contributed by atoms with Crippen LogP contribution in [0.25, 0.3) is 0 Å². The van der Waals surface area contributed by atoms with Gasteiger partial charge in [0, 0.05) is 24.7 Å². The summed E-state index contributed by atoms with van der Waals surface area (Å²) in [7, 11) is 1.69. The summed E-state index contributed by atoms with van der Waals surface area (Å²) in [6.07, 6.45) is 1.67. The van der Waals surface area contributed by atoms with E-state index in [9.17, 15) is 4.79 Å². The molecule has 0 aliphatic rings. The minimum Gasteiger partial charge on any atom is -0.480 e. The lowest BCUT2D eigenvalue weighted by Crippen LogP contribution is -2.24. The highest BCUT2D eigenvalue weighted by molar-refractivity contribution is 7.15. The van der Waals surface area contributed by atoms with Crippen LogP contribution in [0.1, 0.15) is 4.88 Å². The molecule has 0 aliphatic carbocycles. The quantitative estimate of drug-likeness (QED) is 0.799. The van der Waals surface area contributed by atoms with Crippen molar-refractivity contribution in [1.82, 2.24) is 4.98 Å². The summed E-state index contributed by atoms with van der Waals surface area (Å²) in [5.74, 6) is -0.869. The van der Waals surface area contributed by atoms with Crippen molar-refractivity contribution < 1.29 is 9.90 Å². The molecule has 7 heteroatoms. The molecule has 0 bridgehead atoms. The zero-order valence-electron chi connectivity index (χ0n) is 7.64. The Morgan fingerprint density at radius 2 is 2.43 bits per heavy atom. The first-order valence-electron chi connectivity index (χ1n) is 3.71. The molecule has 0 saturated heterocycles. The Balaban J connectivity index is 0.00000169. The monoisotopic (exact) mass is 237 g/mol. The van der Waals surface area contributed by atoms with Crippen LogP contribution in [0.4, 0.5) is 5.13 Å². The Morgan fingerprint density at radius 1 is 1.79 bits per heavy atom. The average molecular weight is 238 g/mol. The van der Waals surface area contributed by atoms with Crippen LogP contribution in [0, 0.1) is 0 Å². The number of carboxylic acids is 1. The zero-order valence-corrected chi connectivity index (χ0v) is 9.27. The number of thiazole rings is 1. The zero-order chi connectivity index (χ0) is 9.84. The molecule has 1 heterocycles. The van der Waals surface area contributed by atoms with E-state index in [0.29, 0.717) is 11.7 Å². The molecule has 0 aliphatic heterocycles. The Bertz CT molecular complexity index is 305. The number of hydrogen-bond donors (Lipinski definition) is 2. The molecule has 1 aromatic rings. The topological polar surface area (TPSA) is 79.5 Å². The van der Waals surface area contributed by atoms with Gasteiger partial charge in [-0.15, -0.1) is 23.7 Å². The van der Waals surface area contributed by atoms with Crippen molar-refractivity contribution in [2.45, 2.75) is 6.54 Å². The third-order valence-corrected chi connectivity index (χ3v) is 2.58. The largest absolute Gasteiger partial charge is 0.480 e. The predicted molar refractivity (Wildman–Crippen MR) is 58.2 cm³/mol. The number of anilines is 1. The molecule has 80 valence electrons. The van der Waals surface area contributed by atoms with Crippen LogP contribution in [0.15, 0.2) is 6.20 Å². The van der Waals surface area contributed by atoms with Crippen LogP contribution in [-0.4, -0.2) is 29.7 Å². The third-order valence-electron chi connectivity index (χ3n) is 1.44. The van der Waals surface area contributed by atoms with E-state index in [1.807, 2.05) is 0 Å². The summed E-state index contributed by atoms with van der Waals surface area (Å²) in [5.41, 5.74) is 5.40. The van der Waals surface area contributed by atoms with Gasteiger partial charge in [-0.2, -0.15) is 0 Å². The fraction of sp³-hybridized carbons (Fsp3) is 0.429. The van der Waals surface area contributed by atoms with Crippen molar-refractivity contribution in [3.8, 4) is 0 Å². The number of hydrogen-bond acceptors (Lipinski definition) is 5. The second-order valence-electron chi connectivity index (χ2n) is 2.56. The van der Waals surface area contributed by atoms with Gasteiger partial charge < -0.3 is 15.7 Å². The average Bonchev–Trinajstić information content (AvgIpc) is 2.50. The molecule has 14 heavy (non-hydrogen) atoms. The Labute approximate surface area is 92.0 Å². The highest BCUT2D eigenvalue weighted by Gasteiger charge is 2.08. The van der Waals surface area contributed by atoms with Gasteiger partial charge in [0.1, 0.15) is 6.54 Å². The summed E-state index contributed by atoms with van der Waals surface area (Å²) >= 11 is 1.41. The number of carbonyl (C=O) groups is 1. The first kappa shape index (κ1) is 13.2. The highest BCUT2D eigenvalue weighted by atomic mass is 35.5. The van der Waals surface area contributed by atoms with Gasteiger partial charge in [0.15, 0.2) is 5.13 Å². The van der Waals surface area contributed by atoms with Gasteiger partial charge in [-0.25, -0.2) is 4.98 Å². The van der Waals surface area contributed by atoms with Gasteiger partial charge >= 0.3 is 5.97 Å². The molecule has 5 nitrogen and oxygen atoms in total. The van der Waals surface area contributed by atoms with E-state index in [1.54, 1.807) is 18.1 Å². The minimum absolute atomic E-state index is 0. The maximum Gasteiger partial charge on any atom is 0.323 e. The van der Waals surface area contributed by atoms with E-state index >= 15 is 0 Å². The van der Waals surface area contributed by atoms with Gasteiger partial charge in [0.25, 0.3) is 0 Å². The fourth-order valence-corrected chi connectivity index (χ4v) is 1.59. The normalized spacial score (nSPS) is 9.29. The van der Waals surface area contributed by atoms with Crippen LogP contribution in [0.3, 0.4) is 0 Å². The van der Waals surface area contributed by atoms with E-state index < -0.39 is 5.97 Å². The number of nitrogens with zero attached hydrogens (tertiary/aromatic N) is 2. The lowest BCUT2D eigenvalue weighted by Gasteiger charge is -2.11. The van der Waals surface area contributed by atoms with Crippen molar-refractivity contribution >= 4 is 34.8 Å². The molecular formula is C7H12ClN3O2S. The molecule has 0 fully saturated rings. The van der Waals surface area contributed by atoms with E-state index in [4.69, 9.17) is 10.8 Å². The Morgan fingerprint density at radius 3 is 2.86 bits per heavy atom. The molecular weight excluding hydrogens is 226 g/mol. The molecule has 3 N–H and O–H groups in total. The van der Waals surface area contributed by atoms with E-state index in [0.717, 1.165) is 4.88 Å². The molecule has 0 saturated carbocycles. The SMILES string of the molecule is CN(CC(=O)O)c1ncc(CN)s1.Cl. The minimum atomic E-state index is -0.869.